The first-order valence-corrected chi connectivity index (χ1v) is 11.2. The molecule has 168 valence electrons. The highest BCUT2D eigenvalue weighted by Gasteiger charge is 2.25. The lowest BCUT2D eigenvalue weighted by Gasteiger charge is -2.34. The minimum Gasteiger partial charge on any atom is -0.330 e. The number of amides is 1. The number of aryl methyl sites for hydroxylation is 1. The van der Waals surface area contributed by atoms with Crippen LogP contribution in [0.2, 0.25) is 5.02 Å². The van der Waals surface area contributed by atoms with Crippen LogP contribution in [0.4, 0.5) is 0 Å². The summed E-state index contributed by atoms with van der Waals surface area (Å²) in [5, 5.41) is 9.59. The van der Waals surface area contributed by atoms with Gasteiger partial charge in [-0.2, -0.15) is 5.26 Å². The van der Waals surface area contributed by atoms with Gasteiger partial charge in [0, 0.05) is 50.7 Å². The molecule has 4 rings (SSSR count). The van der Waals surface area contributed by atoms with E-state index in [1.54, 1.807) is 17.2 Å². The minimum atomic E-state index is -0.0408. The van der Waals surface area contributed by atoms with E-state index in [1.807, 2.05) is 34.9 Å². The van der Waals surface area contributed by atoms with E-state index in [0.29, 0.717) is 31.9 Å². The van der Waals surface area contributed by atoms with Crippen LogP contribution in [-0.4, -0.2) is 57.2 Å². The van der Waals surface area contributed by atoms with E-state index >= 15 is 0 Å². The van der Waals surface area contributed by atoms with Crippen molar-refractivity contribution < 1.29 is 9.59 Å². The van der Waals surface area contributed by atoms with Gasteiger partial charge in [-0.05, 0) is 18.1 Å². The SMILES string of the molecule is CC(=O)c1cnc2n1CCN(C(=O)/C=C/CN1CC(C#N)C1)C2.CCc1ccccc1Cl. The Kier molecular flexibility index (Phi) is 8.20. The fraction of sp³-hybridized carbons (Fsp3) is 0.417. The Balaban J connectivity index is 0.000000269. The summed E-state index contributed by atoms with van der Waals surface area (Å²) in [6, 6.07) is 10.1. The average Bonchev–Trinajstić information content (AvgIpc) is 3.19. The maximum Gasteiger partial charge on any atom is 0.246 e. The number of likely N-dealkylation sites (tertiary alicyclic amines) is 1. The maximum atomic E-state index is 12.2. The molecule has 8 heteroatoms. The van der Waals surface area contributed by atoms with Crippen LogP contribution in [0.3, 0.4) is 0 Å². The highest BCUT2D eigenvalue weighted by molar-refractivity contribution is 6.31. The number of halogens is 1. The van der Waals surface area contributed by atoms with E-state index < -0.39 is 0 Å². The molecule has 0 radical (unpaired) electrons. The number of nitrogens with zero attached hydrogens (tertiary/aromatic N) is 5. The molecule has 0 bridgehead atoms. The van der Waals surface area contributed by atoms with E-state index in [1.165, 1.54) is 12.5 Å². The van der Waals surface area contributed by atoms with Crippen molar-refractivity contribution in [3.05, 3.63) is 64.7 Å². The lowest BCUT2D eigenvalue weighted by atomic mass is 10.0. The second-order valence-electron chi connectivity index (χ2n) is 7.92. The Morgan fingerprint density at radius 3 is 2.66 bits per heavy atom. The molecule has 1 aromatic carbocycles. The van der Waals surface area contributed by atoms with Gasteiger partial charge in [0.05, 0.1) is 24.7 Å². The number of hydrogen-bond donors (Lipinski definition) is 0. The van der Waals surface area contributed by atoms with Gasteiger partial charge in [-0.3, -0.25) is 14.5 Å². The van der Waals surface area contributed by atoms with E-state index in [4.69, 9.17) is 16.9 Å². The molecule has 3 heterocycles. The van der Waals surface area contributed by atoms with Gasteiger partial charge in [0.25, 0.3) is 0 Å². The van der Waals surface area contributed by atoms with Crippen LogP contribution in [-0.2, 0) is 24.3 Å². The van der Waals surface area contributed by atoms with Gasteiger partial charge in [0.1, 0.15) is 11.5 Å². The molecule has 2 aromatic rings. The zero-order valence-electron chi connectivity index (χ0n) is 18.5. The van der Waals surface area contributed by atoms with Crippen molar-refractivity contribution in [2.75, 3.05) is 26.2 Å². The molecule has 0 N–H and O–H groups in total. The number of carbonyl (C=O) groups excluding carboxylic acids is 2. The topological polar surface area (TPSA) is 82.2 Å². The van der Waals surface area contributed by atoms with Gasteiger partial charge in [-0.15, -0.1) is 0 Å². The number of rotatable bonds is 5. The largest absolute Gasteiger partial charge is 0.330 e. The molecule has 0 aliphatic carbocycles. The Morgan fingerprint density at radius 2 is 2.03 bits per heavy atom. The molecular formula is C24H28ClN5O2. The number of ketones is 1. The minimum absolute atomic E-state index is 0.00589. The van der Waals surface area contributed by atoms with E-state index in [-0.39, 0.29) is 17.6 Å². The molecular weight excluding hydrogens is 426 g/mol. The van der Waals surface area contributed by atoms with Crippen molar-refractivity contribution >= 4 is 23.3 Å². The summed E-state index contributed by atoms with van der Waals surface area (Å²) in [4.78, 5) is 31.8. The second-order valence-corrected chi connectivity index (χ2v) is 8.33. The molecule has 1 amide bonds. The molecule has 0 spiro atoms. The van der Waals surface area contributed by atoms with Crippen LogP contribution in [0.25, 0.3) is 0 Å². The van der Waals surface area contributed by atoms with E-state index in [2.05, 4.69) is 22.9 Å². The number of fused-ring (bicyclic) bond motifs is 1. The van der Waals surface area contributed by atoms with Gasteiger partial charge >= 0.3 is 0 Å². The first kappa shape index (κ1) is 23.7. The van der Waals surface area contributed by atoms with Crippen LogP contribution in [0.1, 0.15) is 35.7 Å². The molecule has 1 aromatic heterocycles. The highest BCUT2D eigenvalue weighted by atomic mass is 35.5. The third-order valence-corrected chi connectivity index (χ3v) is 6.01. The second kappa shape index (κ2) is 11.1. The Hall–Kier alpha value is -2.95. The zero-order chi connectivity index (χ0) is 23.1. The number of benzene rings is 1. The molecule has 1 fully saturated rings. The summed E-state index contributed by atoms with van der Waals surface area (Å²) in [5.41, 5.74) is 1.83. The van der Waals surface area contributed by atoms with Crippen molar-refractivity contribution in [2.45, 2.75) is 33.4 Å². The van der Waals surface area contributed by atoms with Gasteiger partial charge in [0.15, 0.2) is 5.78 Å². The number of carbonyl (C=O) groups is 2. The maximum absolute atomic E-state index is 12.2. The summed E-state index contributed by atoms with van der Waals surface area (Å²) in [7, 11) is 0. The van der Waals surface area contributed by atoms with Crippen LogP contribution >= 0.6 is 11.6 Å². The van der Waals surface area contributed by atoms with Crippen LogP contribution < -0.4 is 0 Å². The average molecular weight is 454 g/mol. The standard InChI is InChI=1S/C16H19N5O2.C8H9Cl/c1-12(22)14-8-18-15-11-20(5-6-21(14)15)16(23)3-2-4-19-9-13(7-17)10-19;1-2-7-5-3-4-6-8(7)9/h2-3,8,13H,4-6,9-11H2,1H3;3-6H,2H2,1H3/b3-2+;. The first-order chi connectivity index (χ1) is 15.4. The zero-order valence-corrected chi connectivity index (χ0v) is 19.3. The summed E-state index contributed by atoms with van der Waals surface area (Å²) in [6.07, 6.45) is 6.03. The molecule has 0 saturated carbocycles. The molecule has 7 nitrogen and oxygen atoms in total. The monoisotopic (exact) mass is 453 g/mol. The number of aromatic nitrogens is 2. The third kappa shape index (κ3) is 5.84. The fourth-order valence-corrected chi connectivity index (χ4v) is 3.99. The van der Waals surface area contributed by atoms with Crippen LogP contribution in [0.5, 0.6) is 0 Å². The lowest BCUT2D eigenvalue weighted by Crippen LogP contribution is -2.45. The molecule has 1 saturated heterocycles. The third-order valence-electron chi connectivity index (χ3n) is 5.64. The number of nitriles is 1. The van der Waals surface area contributed by atoms with Crippen molar-refractivity contribution in [3.8, 4) is 6.07 Å². The van der Waals surface area contributed by atoms with Crippen molar-refractivity contribution in [2.24, 2.45) is 5.92 Å². The summed E-state index contributed by atoms with van der Waals surface area (Å²) < 4.78 is 1.89. The highest BCUT2D eigenvalue weighted by Crippen LogP contribution is 2.16. The normalized spacial score (nSPS) is 16.0. The van der Waals surface area contributed by atoms with Crippen molar-refractivity contribution in [1.82, 2.24) is 19.4 Å². The van der Waals surface area contributed by atoms with Gasteiger partial charge in [0.2, 0.25) is 5.91 Å². The van der Waals surface area contributed by atoms with Gasteiger partial charge in [-0.1, -0.05) is 42.8 Å². The summed E-state index contributed by atoms with van der Waals surface area (Å²) in [5.74, 6) is 0.841. The lowest BCUT2D eigenvalue weighted by molar-refractivity contribution is -0.127. The number of Topliss-reactive ketones (excluding diaryl/α,β-unsaturated/α-hetero) is 1. The predicted molar refractivity (Wildman–Crippen MR) is 123 cm³/mol. The van der Waals surface area contributed by atoms with Gasteiger partial charge < -0.3 is 9.47 Å². The Labute approximate surface area is 193 Å². The van der Waals surface area contributed by atoms with Gasteiger partial charge in [-0.25, -0.2) is 4.98 Å². The Bertz CT molecular complexity index is 1030. The molecule has 2 aliphatic rings. The fourth-order valence-electron chi connectivity index (χ4n) is 3.72. The smallest absolute Gasteiger partial charge is 0.246 e. The summed E-state index contributed by atoms with van der Waals surface area (Å²) in [6.45, 7) is 7.48. The number of imidazole rings is 1. The molecule has 0 unspecified atom stereocenters. The van der Waals surface area contributed by atoms with Crippen molar-refractivity contribution in [3.63, 3.8) is 0 Å². The predicted octanol–water partition coefficient (Wildman–Crippen LogP) is 3.34. The molecule has 32 heavy (non-hydrogen) atoms. The summed E-state index contributed by atoms with van der Waals surface area (Å²) >= 11 is 5.82. The molecule has 2 aliphatic heterocycles. The van der Waals surface area contributed by atoms with E-state index in [0.717, 1.165) is 30.4 Å². The Morgan fingerprint density at radius 1 is 1.28 bits per heavy atom. The quantitative estimate of drug-likeness (QED) is 0.512. The van der Waals surface area contributed by atoms with Crippen LogP contribution in [0.15, 0.2) is 42.6 Å². The molecule has 0 atom stereocenters. The van der Waals surface area contributed by atoms with Crippen LogP contribution in [0, 0.1) is 17.2 Å². The van der Waals surface area contributed by atoms with E-state index in [9.17, 15) is 9.59 Å². The van der Waals surface area contributed by atoms with Crippen molar-refractivity contribution in [1.29, 1.82) is 5.26 Å². The number of hydrogen-bond acceptors (Lipinski definition) is 5. The first-order valence-electron chi connectivity index (χ1n) is 10.8.